The van der Waals surface area contributed by atoms with Gasteiger partial charge < -0.3 is 5.32 Å². The molecular formula is C12H15IN2O2S2. The highest BCUT2D eigenvalue weighted by Gasteiger charge is 2.19. The Morgan fingerprint density at radius 2 is 1.79 bits per heavy atom. The lowest BCUT2D eigenvalue weighted by atomic mass is 10.3. The topological polar surface area (TPSA) is 58.2 Å². The van der Waals surface area contributed by atoms with Crippen molar-refractivity contribution >= 4 is 49.9 Å². The molecule has 0 amide bonds. The van der Waals surface area contributed by atoms with Gasteiger partial charge in [-0.1, -0.05) is 12.8 Å². The molecule has 0 bridgehead atoms. The van der Waals surface area contributed by atoms with Crippen molar-refractivity contribution in [3.63, 3.8) is 0 Å². The number of benzene rings is 1. The SMILES string of the molecule is O=S(=O)(NC(=S)NC1CCCC1)c1ccc(I)cc1. The summed E-state index contributed by atoms with van der Waals surface area (Å²) >= 11 is 7.19. The molecule has 0 atom stereocenters. The Bertz CT molecular complexity index is 552. The standard InChI is InChI=1S/C12H15IN2O2S2/c13-9-5-7-11(8-6-9)19(16,17)15-12(18)14-10-3-1-2-4-10/h5-8,10H,1-4H2,(H2,14,15,18). The molecule has 0 unspecified atom stereocenters. The molecule has 1 aliphatic carbocycles. The Morgan fingerprint density at radius 3 is 2.37 bits per heavy atom. The Kier molecular flexibility index (Phi) is 5.02. The first-order valence-electron chi connectivity index (χ1n) is 6.06. The first-order valence-corrected chi connectivity index (χ1v) is 9.03. The lowest BCUT2D eigenvalue weighted by molar-refractivity contribution is 0.588. The molecule has 1 aliphatic rings. The molecule has 0 radical (unpaired) electrons. The highest BCUT2D eigenvalue weighted by molar-refractivity contribution is 14.1. The van der Waals surface area contributed by atoms with Gasteiger partial charge in [0.05, 0.1) is 4.90 Å². The molecule has 0 spiro atoms. The van der Waals surface area contributed by atoms with E-state index in [0.717, 1.165) is 16.4 Å². The van der Waals surface area contributed by atoms with E-state index in [1.165, 1.54) is 12.8 Å². The summed E-state index contributed by atoms with van der Waals surface area (Å²) in [6.45, 7) is 0. The van der Waals surface area contributed by atoms with Crippen LogP contribution in [0.3, 0.4) is 0 Å². The zero-order valence-corrected chi connectivity index (χ0v) is 14.0. The number of thiocarbonyl (C=S) groups is 1. The van der Waals surface area contributed by atoms with E-state index < -0.39 is 10.0 Å². The first-order chi connectivity index (χ1) is 8.97. The fourth-order valence-corrected chi connectivity index (χ4v) is 3.85. The van der Waals surface area contributed by atoms with Crippen molar-refractivity contribution in [2.45, 2.75) is 36.6 Å². The molecule has 1 fully saturated rings. The van der Waals surface area contributed by atoms with Crippen LogP contribution in [0.1, 0.15) is 25.7 Å². The number of hydrogen-bond acceptors (Lipinski definition) is 3. The van der Waals surface area contributed by atoms with Crippen molar-refractivity contribution in [3.8, 4) is 0 Å². The summed E-state index contributed by atoms with van der Waals surface area (Å²) in [5, 5.41) is 3.24. The summed E-state index contributed by atoms with van der Waals surface area (Å²) in [6.07, 6.45) is 4.44. The van der Waals surface area contributed by atoms with Crippen molar-refractivity contribution in [1.29, 1.82) is 0 Å². The quantitative estimate of drug-likeness (QED) is 0.594. The predicted molar refractivity (Wildman–Crippen MR) is 87.5 cm³/mol. The summed E-state index contributed by atoms with van der Waals surface area (Å²) in [5.41, 5.74) is 0. The van der Waals surface area contributed by atoms with E-state index in [-0.39, 0.29) is 10.0 Å². The highest BCUT2D eigenvalue weighted by Crippen LogP contribution is 2.17. The minimum atomic E-state index is -3.57. The number of nitrogens with one attached hydrogen (secondary N) is 2. The van der Waals surface area contributed by atoms with Crippen LogP contribution in [-0.4, -0.2) is 19.6 Å². The molecule has 0 aromatic heterocycles. The van der Waals surface area contributed by atoms with Gasteiger partial charge in [0, 0.05) is 9.61 Å². The summed E-state index contributed by atoms with van der Waals surface area (Å²) in [4.78, 5) is 0.225. The predicted octanol–water partition coefficient (Wildman–Crippen LogP) is 2.39. The van der Waals surface area contributed by atoms with Gasteiger partial charge in [0.1, 0.15) is 0 Å². The van der Waals surface area contributed by atoms with Gasteiger partial charge in [0.2, 0.25) is 0 Å². The van der Waals surface area contributed by atoms with Gasteiger partial charge in [-0.25, -0.2) is 8.42 Å². The maximum atomic E-state index is 12.1. The van der Waals surface area contributed by atoms with Gasteiger partial charge in [-0.15, -0.1) is 0 Å². The molecular weight excluding hydrogens is 395 g/mol. The molecule has 7 heteroatoms. The third kappa shape index (κ3) is 4.28. The van der Waals surface area contributed by atoms with Crippen LogP contribution in [0.15, 0.2) is 29.2 Å². The molecule has 0 heterocycles. The van der Waals surface area contributed by atoms with Crippen LogP contribution < -0.4 is 10.0 Å². The molecule has 2 N–H and O–H groups in total. The lowest BCUT2D eigenvalue weighted by Gasteiger charge is -2.15. The number of halogens is 1. The van der Waals surface area contributed by atoms with E-state index in [2.05, 4.69) is 32.6 Å². The molecule has 0 aliphatic heterocycles. The summed E-state index contributed by atoms with van der Waals surface area (Å²) < 4.78 is 27.6. The smallest absolute Gasteiger partial charge is 0.263 e. The minimum Gasteiger partial charge on any atom is -0.359 e. The van der Waals surface area contributed by atoms with Crippen LogP contribution >= 0.6 is 34.8 Å². The molecule has 104 valence electrons. The van der Waals surface area contributed by atoms with Gasteiger partial charge in [-0.2, -0.15) is 0 Å². The van der Waals surface area contributed by atoms with Gasteiger partial charge in [0.25, 0.3) is 10.0 Å². The van der Waals surface area contributed by atoms with E-state index in [9.17, 15) is 8.42 Å². The number of sulfonamides is 1. The fraction of sp³-hybridized carbons (Fsp3) is 0.417. The van der Waals surface area contributed by atoms with E-state index in [1.807, 2.05) is 0 Å². The second-order valence-corrected chi connectivity index (χ2v) is 7.85. The van der Waals surface area contributed by atoms with Gasteiger partial charge >= 0.3 is 0 Å². The van der Waals surface area contributed by atoms with E-state index >= 15 is 0 Å². The summed E-state index contributed by atoms with van der Waals surface area (Å²) in [6, 6.07) is 6.95. The van der Waals surface area contributed by atoms with Crippen molar-refractivity contribution < 1.29 is 8.42 Å². The molecule has 1 saturated carbocycles. The highest BCUT2D eigenvalue weighted by atomic mass is 127. The van der Waals surface area contributed by atoms with Crippen molar-refractivity contribution in [2.24, 2.45) is 0 Å². The van der Waals surface area contributed by atoms with Crippen molar-refractivity contribution in [2.75, 3.05) is 0 Å². The zero-order chi connectivity index (χ0) is 13.9. The first kappa shape index (κ1) is 15.0. The van der Waals surface area contributed by atoms with E-state index in [1.54, 1.807) is 24.3 Å². The Labute approximate surface area is 132 Å². The van der Waals surface area contributed by atoms with Crippen LogP contribution in [0.25, 0.3) is 0 Å². The average molecular weight is 410 g/mol. The largest absolute Gasteiger partial charge is 0.359 e. The van der Waals surface area contributed by atoms with E-state index in [0.29, 0.717) is 6.04 Å². The average Bonchev–Trinajstić information content (AvgIpc) is 2.81. The molecule has 2 rings (SSSR count). The summed E-state index contributed by atoms with van der Waals surface area (Å²) in [5.74, 6) is 0. The van der Waals surface area contributed by atoms with Gasteiger partial charge in [-0.3, -0.25) is 4.72 Å². The maximum absolute atomic E-state index is 12.1. The second-order valence-electron chi connectivity index (χ2n) is 4.51. The summed E-state index contributed by atoms with van der Waals surface area (Å²) in [7, 11) is -3.57. The van der Waals surface area contributed by atoms with E-state index in [4.69, 9.17) is 12.2 Å². The Morgan fingerprint density at radius 1 is 1.21 bits per heavy atom. The zero-order valence-electron chi connectivity index (χ0n) is 10.2. The molecule has 0 saturated heterocycles. The van der Waals surface area contributed by atoms with Crippen LogP contribution in [0.4, 0.5) is 0 Å². The Balaban J connectivity index is 2.00. The third-order valence-electron chi connectivity index (χ3n) is 3.04. The minimum absolute atomic E-state index is 0.186. The van der Waals surface area contributed by atoms with Gasteiger partial charge in [-0.05, 0) is 71.9 Å². The Hall–Kier alpha value is -0.410. The third-order valence-corrected chi connectivity index (χ3v) is 5.48. The monoisotopic (exact) mass is 410 g/mol. The normalized spacial score (nSPS) is 16.3. The van der Waals surface area contributed by atoms with Crippen molar-refractivity contribution in [3.05, 3.63) is 27.8 Å². The number of hydrogen-bond donors (Lipinski definition) is 2. The maximum Gasteiger partial charge on any atom is 0.263 e. The molecule has 1 aromatic carbocycles. The van der Waals surface area contributed by atoms with Crippen LogP contribution in [0.2, 0.25) is 0 Å². The molecule has 4 nitrogen and oxygen atoms in total. The fourth-order valence-electron chi connectivity index (χ4n) is 2.08. The molecule has 1 aromatic rings. The number of rotatable bonds is 3. The lowest BCUT2D eigenvalue weighted by Crippen LogP contribution is -2.43. The van der Waals surface area contributed by atoms with Crippen molar-refractivity contribution in [1.82, 2.24) is 10.0 Å². The van der Waals surface area contributed by atoms with Crippen LogP contribution in [-0.2, 0) is 10.0 Å². The van der Waals surface area contributed by atoms with Crippen LogP contribution in [0, 0.1) is 3.57 Å². The van der Waals surface area contributed by atoms with Gasteiger partial charge in [0.15, 0.2) is 5.11 Å². The second kappa shape index (κ2) is 6.36. The van der Waals surface area contributed by atoms with Crippen LogP contribution in [0.5, 0.6) is 0 Å². The molecule has 19 heavy (non-hydrogen) atoms.